The molecule has 0 aliphatic heterocycles. The molecule has 26 heavy (non-hydrogen) atoms. The molecule has 1 rings (SSSR count). The molecule has 0 unspecified atom stereocenters. The zero-order valence-electron chi connectivity index (χ0n) is 15.6. The zero-order chi connectivity index (χ0) is 19.2. The van der Waals surface area contributed by atoms with Gasteiger partial charge < -0.3 is 15.0 Å². The number of rotatable bonds is 12. The van der Waals surface area contributed by atoms with Crippen LogP contribution < -0.4 is 10.2 Å². The maximum atomic E-state index is 13.1. The smallest absolute Gasteiger partial charge is 0.305 e. The van der Waals surface area contributed by atoms with Crippen molar-refractivity contribution in [2.24, 2.45) is 0 Å². The number of nitrogens with zero attached hydrogens (tertiary/aromatic N) is 2. The molecular formula is C19H29FN4O2. The number of halogens is 1. The van der Waals surface area contributed by atoms with E-state index in [9.17, 15) is 9.18 Å². The van der Waals surface area contributed by atoms with Crippen LogP contribution in [0.5, 0.6) is 0 Å². The highest BCUT2D eigenvalue weighted by atomic mass is 19.1. The van der Waals surface area contributed by atoms with E-state index in [1.54, 1.807) is 30.3 Å². The summed E-state index contributed by atoms with van der Waals surface area (Å²) in [6, 6.07) is 2.93. The van der Waals surface area contributed by atoms with E-state index in [-0.39, 0.29) is 5.97 Å². The number of amidine groups is 1. The van der Waals surface area contributed by atoms with E-state index in [0.29, 0.717) is 31.2 Å². The lowest BCUT2D eigenvalue weighted by molar-refractivity contribution is -0.143. The molecule has 0 aromatic carbocycles. The molecule has 0 atom stereocenters. The fourth-order valence-corrected chi connectivity index (χ4v) is 2.44. The molecule has 0 aliphatic rings. The molecule has 0 radical (unpaired) electrons. The van der Waals surface area contributed by atoms with Crippen LogP contribution in [0, 0.1) is 11.2 Å². The first-order chi connectivity index (χ1) is 12.6. The second-order valence-electron chi connectivity index (χ2n) is 5.82. The molecule has 1 aromatic heterocycles. The number of carbonyl (C=O) groups excluding carboxylic acids is 1. The second kappa shape index (κ2) is 12.9. The van der Waals surface area contributed by atoms with E-state index in [0.717, 1.165) is 38.3 Å². The average molecular weight is 364 g/mol. The van der Waals surface area contributed by atoms with Crippen LogP contribution in [0.2, 0.25) is 0 Å². The third kappa shape index (κ3) is 8.60. The van der Waals surface area contributed by atoms with Gasteiger partial charge in [0.05, 0.1) is 12.8 Å². The standard InChI is InChI=1S/C19H29FN4O2/c1-3-26-19(25)9-7-5-4-6-8-14-24(17(21)12-13-22-2)18-11-10-16(20)15-23-18/h10-13,15,21-22H,3-9,14H2,1-2H3/b13-12-,21-17?. The Morgan fingerprint density at radius 1 is 1.31 bits per heavy atom. The van der Waals surface area contributed by atoms with Gasteiger partial charge in [-0.2, -0.15) is 0 Å². The minimum absolute atomic E-state index is 0.133. The van der Waals surface area contributed by atoms with Crippen LogP contribution in [0.4, 0.5) is 10.2 Å². The summed E-state index contributed by atoms with van der Waals surface area (Å²) < 4.78 is 18.0. The number of aromatic nitrogens is 1. The number of esters is 1. The zero-order valence-corrected chi connectivity index (χ0v) is 15.6. The van der Waals surface area contributed by atoms with Crippen molar-refractivity contribution in [3.05, 3.63) is 36.4 Å². The van der Waals surface area contributed by atoms with Crippen LogP contribution in [0.15, 0.2) is 30.6 Å². The van der Waals surface area contributed by atoms with Gasteiger partial charge in [-0.3, -0.25) is 10.2 Å². The molecule has 1 aromatic rings. The van der Waals surface area contributed by atoms with Crippen molar-refractivity contribution in [1.29, 1.82) is 5.41 Å². The van der Waals surface area contributed by atoms with Crippen molar-refractivity contribution >= 4 is 17.6 Å². The fraction of sp³-hybridized carbons (Fsp3) is 0.526. The summed E-state index contributed by atoms with van der Waals surface area (Å²) in [7, 11) is 1.76. The topological polar surface area (TPSA) is 78.3 Å². The molecule has 2 N–H and O–H groups in total. The first-order valence-corrected chi connectivity index (χ1v) is 9.05. The molecule has 1 heterocycles. The van der Waals surface area contributed by atoms with Gasteiger partial charge in [-0.1, -0.05) is 19.3 Å². The number of hydrogen-bond acceptors (Lipinski definition) is 5. The van der Waals surface area contributed by atoms with Gasteiger partial charge in [0.15, 0.2) is 0 Å². The van der Waals surface area contributed by atoms with Crippen LogP contribution in [0.3, 0.4) is 0 Å². The van der Waals surface area contributed by atoms with Crippen molar-refractivity contribution in [2.45, 2.75) is 45.4 Å². The molecule has 0 saturated carbocycles. The molecule has 0 saturated heterocycles. The molecule has 0 amide bonds. The van der Waals surface area contributed by atoms with Crippen LogP contribution >= 0.6 is 0 Å². The van der Waals surface area contributed by atoms with Crippen LogP contribution in [0.25, 0.3) is 0 Å². The van der Waals surface area contributed by atoms with E-state index in [2.05, 4.69) is 10.3 Å². The maximum Gasteiger partial charge on any atom is 0.305 e. The van der Waals surface area contributed by atoms with Crippen molar-refractivity contribution in [1.82, 2.24) is 10.3 Å². The van der Waals surface area contributed by atoms with Crippen LogP contribution in [-0.2, 0) is 9.53 Å². The summed E-state index contributed by atoms with van der Waals surface area (Å²) in [4.78, 5) is 17.1. The molecule has 144 valence electrons. The Hall–Kier alpha value is -2.44. The van der Waals surface area contributed by atoms with Crippen molar-refractivity contribution in [3.8, 4) is 0 Å². The highest BCUT2D eigenvalue weighted by Gasteiger charge is 2.11. The number of anilines is 1. The van der Waals surface area contributed by atoms with Gasteiger partial charge in [0.1, 0.15) is 17.5 Å². The molecule has 0 bridgehead atoms. The number of carbonyl (C=O) groups is 1. The van der Waals surface area contributed by atoms with E-state index in [1.165, 1.54) is 6.07 Å². The molecular weight excluding hydrogens is 335 g/mol. The Morgan fingerprint density at radius 3 is 2.69 bits per heavy atom. The van der Waals surface area contributed by atoms with Gasteiger partial charge >= 0.3 is 5.97 Å². The molecule has 6 nitrogen and oxygen atoms in total. The monoisotopic (exact) mass is 364 g/mol. The van der Waals surface area contributed by atoms with Gasteiger partial charge in [-0.05, 0) is 44.2 Å². The third-order valence-corrected chi connectivity index (χ3v) is 3.75. The Balaban J connectivity index is 2.41. The number of nitrogens with one attached hydrogen (secondary N) is 2. The van der Waals surface area contributed by atoms with Crippen LogP contribution in [-0.4, -0.2) is 37.0 Å². The molecule has 0 spiro atoms. The lowest BCUT2D eigenvalue weighted by Gasteiger charge is -2.22. The predicted molar refractivity (Wildman–Crippen MR) is 102 cm³/mol. The molecule has 0 fully saturated rings. The summed E-state index contributed by atoms with van der Waals surface area (Å²) in [5.74, 6) is 0.318. The minimum Gasteiger partial charge on any atom is -0.466 e. The predicted octanol–water partition coefficient (Wildman–Crippen LogP) is 3.64. The molecule has 7 heteroatoms. The summed E-state index contributed by atoms with van der Waals surface area (Å²) in [6.07, 6.45) is 9.65. The number of hydrogen-bond donors (Lipinski definition) is 2. The van der Waals surface area contributed by atoms with Crippen LogP contribution in [0.1, 0.15) is 45.4 Å². The minimum atomic E-state index is -0.396. The number of ether oxygens (including phenoxy) is 1. The second-order valence-corrected chi connectivity index (χ2v) is 5.82. The summed E-state index contributed by atoms with van der Waals surface area (Å²) in [6.45, 7) is 2.87. The average Bonchev–Trinajstić information content (AvgIpc) is 2.63. The van der Waals surface area contributed by atoms with Gasteiger partial charge in [0.25, 0.3) is 0 Å². The highest BCUT2D eigenvalue weighted by molar-refractivity contribution is 6.02. The number of pyridine rings is 1. The first-order valence-electron chi connectivity index (χ1n) is 9.05. The molecule has 0 aliphatic carbocycles. The lowest BCUT2D eigenvalue weighted by atomic mass is 10.1. The van der Waals surface area contributed by atoms with Gasteiger partial charge in [-0.15, -0.1) is 0 Å². The Labute approximate surface area is 155 Å². The third-order valence-electron chi connectivity index (χ3n) is 3.75. The SMILES string of the molecule is CCOC(=O)CCCCCCCN(C(=N)/C=C\NC)c1ccc(F)cn1. The Bertz CT molecular complexity index is 575. The van der Waals surface area contributed by atoms with E-state index < -0.39 is 5.82 Å². The van der Waals surface area contributed by atoms with Crippen molar-refractivity contribution in [3.63, 3.8) is 0 Å². The van der Waals surface area contributed by atoms with Crippen molar-refractivity contribution < 1.29 is 13.9 Å². The Morgan fingerprint density at radius 2 is 2.04 bits per heavy atom. The van der Waals surface area contributed by atoms with Crippen molar-refractivity contribution in [2.75, 3.05) is 25.1 Å². The first kappa shape index (κ1) is 21.6. The maximum absolute atomic E-state index is 13.1. The van der Waals surface area contributed by atoms with Gasteiger partial charge in [0, 0.05) is 20.0 Å². The van der Waals surface area contributed by atoms with E-state index in [4.69, 9.17) is 10.1 Å². The largest absolute Gasteiger partial charge is 0.466 e. The fourth-order valence-electron chi connectivity index (χ4n) is 2.44. The summed E-state index contributed by atoms with van der Waals surface area (Å²) in [5, 5.41) is 11.0. The highest BCUT2D eigenvalue weighted by Crippen LogP contribution is 2.14. The summed E-state index contributed by atoms with van der Waals surface area (Å²) in [5.41, 5.74) is 0. The Kier molecular flexibility index (Phi) is 10.7. The normalized spacial score (nSPS) is 10.7. The lowest BCUT2D eigenvalue weighted by Crippen LogP contribution is -2.31. The van der Waals surface area contributed by atoms with E-state index >= 15 is 0 Å². The van der Waals surface area contributed by atoms with Gasteiger partial charge in [-0.25, -0.2) is 9.37 Å². The van der Waals surface area contributed by atoms with Gasteiger partial charge in [0.2, 0.25) is 0 Å². The quantitative estimate of drug-likeness (QED) is 0.256. The van der Waals surface area contributed by atoms with E-state index in [1.807, 2.05) is 6.92 Å². The summed E-state index contributed by atoms with van der Waals surface area (Å²) >= 11 is 0. The number of unbranched alkanes of at least 4 members (excludes halogenated alkanes) is 4.